The summed E-state index contributed by atoms with van der Waals surface area (Å²) in [6, 6.07) is 11.8. The number of alkyl carbamates (subject to hydrolysis) is 1. The number of H-pyrrole nitrogens is 2. The topological polar surface area (TPSA) is 129 Å². The summed E-state index contributed by atoms with van der Waals surface area (Å²) in [4.78, 5) is 34.2. The lowest BCUT2D eigenvalue weighted by atomic mass is 9.88. The third-order valence-corrected chi connectivity index (χ3v) is 8.13. The van der Waals surface area contributed by atoms with E-state index in [1.54, 1.807) is 30.5 Å². The van der Waals surface area contributed by atoms with Crippen LogP contribution in [0.25, 0.3) is 22.3 Å². The van der Waals surface area contributed by atoms with Crippen LogP contribution >= 0.6 is 0 Å². The minimum atomic E-state index is -1.02. The Bertz CT molecular complexity index is 1900. The molecule has 1 amide bonds. The molecule has 1 aliphatic heterocycles. The number of aliphatic carboxylic acids is 1. The van der Waals surface area contributed by atoms with Crippen LogP contribution in [0.4, 0.5) is 18.0 Å². The second-order valence-electron chi connectivity index (χ2n) is 11.2. The number of aromatic amines is 2. The fourth-order valence-corrected chi connectivity index (χ4v) is 5.81. The van der Waals surface area contributed by atoms with Crippen molar-refractivity contribution in [2.24, 2.45) is 0 Å². The molecule has 3 heterocycles. The highest BCUT2D eigenvalue weighted by atomic mass is 19.1. The average Bonchev–Trinajstić information content (AvgIpc) is 3.71. The number of carboxylic acids is 1. The van der Waals surface area contributed by atoms with Gasteiger partial charge in [0.15, 0.2) is 11.6 Å². The summed E-state index contributed by atoms with van der Waals surface area (Å²) in [7, 11) is 0. The highest BCUT2D eigenvalue weighted by Crippen LogP contribution is 2.38. The maximum absolute atomic E-state index is 15.8. The maximum Gasteiger partial charge on any atom is 0.407 e. The molecule has 0 radical (unpaired) electrons. The lowest BCUT2D eigenvalue weighted by molar-refractivity contribution is -0.136. The Kier molecular flexibility index (Phi) is 8.95. The molecule has 1 aliphatic rings. The highest BCUT2D eigenvalue weighted by Gasteiger charge is 2.24. The standard InChI is InChI=1S/C34H31F3N4O5/c35-26-10-9-20-15-24(26)33-40-17-29(41-33)21(23-7-4-5-19(31(23)37)8-11-30(42)43)6-2-1-3-13-39-34(44)45-18-25-22-12-14-38-28(22)16-27(36)32(25)46-20/h4-5,7,9-10,12,14-17,21,38H,1-3,6,8,11,13,18H2,(H,39,44)(H,40,41)(H,42,43). The summed E-state index contributed by atoms with van der Waals surface area (Å²) < 4.78 is 57.8. The van der Waals surface area contributed by atoms with Crippen molar-refractivity contribution < 1.29 is 37.3 Å². The molecule has 238 valence electrons. The molecule has 0 fully saturated rings. The number of benzene rings is 3. The molecule has 4 N–H and O–H groups in total. The van der Waals surface area contributed by atoms with Crippen molar-refractivity contribution in [2.45, 2.75) is 51.0 Å². The Balaban J connectivity index is 1.40. The summed E-state index contributed by atoms with van der Waals surface area (Å²) >= 11 is 0. The number of hydrogen-bond acceptors (Lipinski definition) is 5. The lowest BCUT2D eigenvalue weighted by Crippen LogP contribution is -2.25. The molecule has 4 bridgehead atoms. The predicted octanol–water partition coefficient (Wildman–Crippen LogP) is 7.72. The van der Waals surface area contributed by atoms with Crippen molar-refractivity contribution >= 4 is 23.0 Å². The number of carboxylic acid groups (broad SMARTS) is 1. The summed E-state index contributed by atoms with van der Waals surface area (Å²) in [6.45, 7) is 0.0512. The zero-order valence-electron chi connectivity index (χ0n) is 24.7. The second-order valence-corrected chi connectivity index (χ2v) is 11.2. The van der Waals surface area contributed by atoms with Crippen LogP contribution < -0.4 is 10.1 Å². The van der Waals surface area contributed by atoms with Gasteiger partial charge in [-0.1, -0.05) is 31.0 Å². The summed E-state index contributed by atoms with van der Waals surface area (Å²) in [5, 5.41) is 12.4. The minimum absolute atomic E-state index is 0.0368. The molecule has 1 unspecified atom stereocenters. The number of aromatic nitrogens is 3. The largest absolute Gasteiger partial charge is 0.481 e. The van der Waals surface area contributed by atoms with E-state index in [4.69, 9.17) is 14.6 Å². The molecule has 5 aromatic rings. The van der Waals surface area contributed by atoms with Crippen molar-refractivity contribution in [1.82, 2.24) is 20.3 Å². The van der Waals surface area contributed by atoms with E-state index in [9.17, 15) is 9.59 Å². The first kappa shape index (κ1) is 30.8. The van der Waals surface area contributed by atoms with Crippen molar-refractivity contribution in [3.8, 4) is 22.9 Å². The predicted molar refractivity (Wildman–Crippen MR) is 163 cm³/mol. The second kappa shape index (κ2) is 13.4. The van der Waals surface area contributed by atoms with E-state index in [2.05, 4.69) is 20.3 Å². The quantitative estimate of drug-likeness (QED) is 0.161. The van der Waals surface area contributed by atoms with Crippen LogP contribution in [-0.4, -0.2) is 38.7 Å². The van der Waals surface area contributed by atoms with E-state index in [0.717, 1.165) is 0 Å². The molecule has 0 aliphatic carbocycles. The van der Waals surface area contributed by atoms with Crippen LogP contribution in [0.1, 0.15) is 60.4 Å². The Morgan fingerprint density at radius 1 is 1.04 bits per heavy atom. The van der Waals surface area contributed by atoms with Crippen molar-refractivity contribution in [3.63, 3.8) is 0 Å². The fourth-order valence-electron chi connectivity index (χ4n) is 5.81. The smallest absolute Gasteiger partial charge is 0.407 e. The van der Waals surface area contributed by atoms with Crippen molar-refractivity contribution in [1.29, 1.82) is 0 Å². The molecule has 46 heavy (non-hydrogen) atoms. The molecule has 0 spiro atoms. The van der Waals surface area contributed by atoms with Gasteiger partial charge in [0.1, 0.15) is 29.8 Å². The van der Waals surface area contributed by atoms with E-state index in [0.29, 0.717) is 60.0 Å². The molecular formula is C34H31F3N4O5. The minimum Gasteiger partial charge on any atom is -0.481 e. The third kappa shape index (κ3) is 6.56. The number of cyclic esters (lactones) is 1. The van der Waals surface area contributed by atoms with Crippen molar-refractivity contribution in [3.05, 3.63) is 101 Å². The first-order valence-corrected chi connectivity index (χ1v) is 15.0. The lowest BCUT2D eigenvalue weighted by Gasteiger charge is -2.18. The molecule has 1 atom stereocenters. The van der Waals surface area contributed by atoms with Gasteiger partial charge >= 0.3 is 12.1 Å². The van der Waals surface area contributed by atoms with Gasteiger partial charge in [-0.15, -0.1) is 0 Å². The molecule has 9 nitrogen and oxygen atoms in total. The molecule has 0 saturated carbocycles. The van der Waals surface area contributed by atoms with Gasteiger partial charge in [-0.25, -0.2) is 22.9 Å². The Morgan fingerprint density at radius 3 is 2.76 bits per heavy atom. The van der Waals surface area contributed by atoms with Gasteiger partial charge in [-0.05, 0) is 54.7 Å². The Labute approximate surface area is 261 Å². The molecular weight excluding hydrogens is 601 g/mol. The zero-order valence-corrected chi connectivity index (χ0v) is 24.7. The number of carbonyl (C=O) groups excluding carboxylic acids is 1. The number of halogens is 3. The molecule has 6 rings (SSSR count). The third-order valence-electron chi connectivity index (χ3n) is 8.13. The summed E-state index contributed by atoms with van der Waals surface area (Å²) in [5.74, 6) is -3.23. The SMILES string of the molecule is O=C(O)CCc1cccc(C2CCCCCNC(=O)OCc3c(c(F)cc4[nH]ccc34)Oc3ccc(F)c(c3)-c3ncc2[nH]3)c1F. The zero-order chi connectivity index (χ0) is 32.2. The van der Waals surface area contributed by atoms with E-state index in [1.807, 2.05) is 0 Å². The van der Waals surface area contributed by atoms with Gasteiger partial charge in [0.05, 0.1) is 5.56 Å². The number of nitrogens with one attached hydrogen (secondary N) is 3. The maximum atomic E-state index is 15.8. The normalized spacial score (nSPS) is 15.9. The number of amides is 1. The van der Waals surface area contributed by atoms with E-state index in [1.165, 1.54) is 30.5 Å². The van der Waals surface area contributed by atoms with E-state index >= 15 is 13.2 Å². The van der Waals surface area contributed by atoms with Crippen LogP contribution in [0, 0.1) is 17.5 Å². The van der Waals surface area contributed by atoms with Crippen LogP contribution in [-0.2, 0) is 22.6 Å². The summed E-state index contributed by atoms with van der Waals surface area (Å²) in [6.07, 6.45) is 4.78. The summed E-state index contributed by atoms with van der Waals surface area (Å²) in [5.41, 5.74) is 2.04. The van der Waals surface area contributed by atoms with Crippen LogP contribution in [0.2, 0.25) is 0 Å². The number of imidazole rings is 1. The average molecular weight is 633 g/mol. The van der Waals surface area contributed by atoms with Gasteiger partial charge in [0, 0.05) is 59.5 Å². The highest BCUT2D eigenvalue weighted by molar-refractivity contribution is 5.86. The Hall–Kier alpha value is -5.26. The van der Waals surface area contributed by atoms with Gasteiger partial charge in [0.2, 0.25) is 0 Å². The number of fused-ring (bicyclic) bond motifs is 8. The van der Waals surface area contributed by atoms with Gasteiger partial charge in [-0.2, -0.15) is 0 Å². The Morgan fingerprint density at radius 2 is 1.91 bits per heavy atom. The van der Waals surface area contributed by atoms with Crippen LogP contribution in [0.5, 0.6) is 11.5 Å². The first-order valence-electron chi connectivity index (χ1n) is 15.0. The number of carbonyl (C=O) groups is 2. The first-order chi connectivity index (χ1) is 22.3. The van der Waals surface area contributed by atoms with E-state index in [-0.39, 0.29) is 47.9 Å². The number of ether oxygens (including phenoxy) is 2. The van der Waals surface area contributed by atoms with Gasteiger partial charge < -0.3 is 29.9 Å². The molecule has 0 saturated heterocycles. The monoisotopic (exact) mass is 632 g/mol. The fraction of sp³-hybridized carbons (Fsp3) is 0.265. The van der Waals surface area contributed by atoms with E-state index < -0.39 is 35.4 Å². The number of hydrogen-bond donors (Lipinski definition) is 4. The molecule has 3 aromatic carbocycles. The van der Waals surface area contributed by atoms with Crippen LogP contribution in [0.3, 0.4) is 0 Å². The van der Waals surface area contributed by atoms with Gasteiger partial charge in [0.25, 0.3) is 0 Å². The molecule has 2 aromatic heterocycles. The van der Waals surface area contributed by atoms with Gasteiger partial charge in [-0.3, -0.25) is 4.79 Å². The number of nitrogens with zero attached hydrogens (tertiary/aromatic N) is 1. The number of aryl methyl sites for hydroxylation is 1. The molecule has 12 heteroatoms. The van der Waals surface area contributed by atoms with Crippen molar-refractivity contribution in [2.75, 3.05) is 6.54 Å². The van der Waals surface area contributed by atoms with Crippen LogP contribution in [0.15, 0.2) is 60.9 Å². The number of rotatable bonds is 4.